The van der Waals surface area contributed by atoms with E-state index in [0.29, 0.717) is 12.5 Å². The van der Waals surface area contributed by atoms with Gasteiger partial charge in [0.25, 0.3) is 0 Å². The van der Waals surface area contributed by atoms with Crippen LogP contribution in [0.25, 0.3) is 0 Å². The van der Waals surface area contributed by atoms with Gasteiger partial charge in [0.1, 0.15) is 11.4 Å². The average molecular weight is 478 g/mol. The molecule has 6 nitrogen and oxygen atoms in total. The van der Waals surface area contributed by atoms with Gasteiger partial charge in [0, 0.05) is 31.9 Å². The Bertz CT molecular complexity index is 609. The molecule has 0 aromatic heterocycles. The third-order valence-electron chi connectivity index (χ3n) is 3.81. The second-order valence-corrected chi connectivity index (χ2v) is 7.03. The van der Waals surface area contributed by atoms with E-state index in [2.05, 4.69) is 9.89 Å². The van der Waals surface area contributed by atoms with Crippen molar-refractivity contribution in [3.8, 4) is 0 Å². The second kappa shape index (κ2) is 9.94. The molecule has 0 saturated carbocycles. The highest BCUT2D eigenvalue weighted by Gasteiger charge is 2.19. The van der Waals surface area contributed by atoms with Gasteiger partial charge in [0.05, 0.1) is 13.0 Å². The fourth-order valence-corrected chi connectivity index (χ4v) is 2.60. The van der Waals surface area contributed by atoms with E-state index >= 15 is 0 Å². The number of guanidine groups is 1. The molecular weight excluding hydrogens is 450 g/mol. The van der Waals surface area contributed by atoms with Crippen molar-refractivity contribution in [2.45, 2.75) is 32.8 Å². The molecule has 0 spiro atoms. The summed E-state index contributed by atoms with van der Waals surface area (Å²) in [4.78, 5) is 20.1. The summed E-state index contributed by atoms with van der Waals surface area (Å²) in [6, 6.07) is 6.49. The minimum absolute atomic E-state index is 0. The summed E-state index contributed by atoms with van der Waals surface area (Å²) in [5.74, 6) is -0.0590. The lowest BCUT2D eigenvalue weighted by Crippen LogP contribution is -2.51. The Hall–Kier alpha value is -1.58. The molecule has 146 valence electrons. The Labute approximate surface area is 171 Å². The van der Waals surface area contributed by atoms with Crippen LogP contribution in [0.2, 0.25) is 0 Å². The highest BCUT2D eigenvalue weighted by Crippen LogP contribution is 2.16. The SMILES string of the molecule is CC(C)(C)OC(=O)CCN=C(N)N1CCN(c2ccc(F)cc2)CC1.I. The van der Waals surface area contributed by atoms with E-state index in [1.54, 1.807) is 12.1 Å². The molecule has 2 rings (SSSR count). The van der Waals surface area contributed by atoms with Gasteiger partial charge in [0.15, 0.2) is 5.96 Å². The Balaban J connectivity index is 0.00000338. The molecule has 0 radical (unpaired) electrons. The van der Waals surface area contributed by atoms with Gasteiger partial charge in [-0.3, -0.25) is 9.79 Å². The van der Waals surface area contributed by atoms with E-state index in [1.165, 1.54) is 12.1 Å². The minimum Gasteiger partial charge on any atom is -0.460 e. The number of piperazine rings is 1. The number of carbonyl (C=O) groups is 1. The normalized spacial score (nSPS) is 15.5. The molecule has 0 atom stereocenters. The van der Waals surface area contributed by atoms with Gasteiger partial charge in [-0.2, -0.15) is 0 Å². The maximum absolute atomic E-state index is 13.0. The highest BCUT2D eigenvalue weighted by molar-refractivity contribution is 14.0. The molecule has 8 heteroatoms. The number of nitrogens with zero attached hydrogens (tertiary/aromatic N) is 3. The summed E-state index contributed by atoms with van der Waals surface area (Å²) >= 11 is 0. The molecule has 1 aliphatic heterocycles. The first-order valence-electron chi connectivity index (χ1n) is 8.52. The maximum atomic E-state index is 13.0. The predicted molar refractivity (Wildman–Crippen MR) is 113 cm³/mol. The number of anilines is 1. The lowest BCUT2D eigenvalue weighted by Gasteiger charge is -2.36. The number of hydrogen-bond donors (Lipinski definition) is 1. The van der Waals surface area contributed by atoms with Crippen molar-refractivity contribution >= 4 is 41.6 Å². The van der Waals surface area contributed by atoms with Crippen LogP contribution in [-0.2, 0) is 9.53 Å². The Morgan fingerprint density at radius 1 is 1.19 bits per heavy atom. The van der Waals surface area contributed by atoms with Crippen LogP contribution in [0.1, 0.15) is 27.2 Å². The lowest BCUT2D eigenvalue weighted by molar-refractivity contribution is -0.154. The first-order valence-corrected chi connectivity index (χ1v) is 8.52. The standard InChI is InChI=1S/C18H27FN4O2.HI/c1-18(2,3)25-16(24)8-9-21-17(20)23-12-10-22(11-13-23)15-6-4-14(19)5-7-15;/h4-7H,8-13H2,1-3H3,(H2,20,21);1H. The lowest BCUT2D eigenvalue weighted by atomic mass is 10.2. The Morgan fingerprint density at radius 3 is 2.31 bits per heavy atom. The minimum atomic E-state index is -0.483. The van der Waals surface area contributed by atoms with Crippen LogP contribution in [0.15, 0.2) is 29.3 Å². The third-order valence-corrected chi connectivity index (χ3v) is 3.81. The zero-order valence-electron chi connectivity index (χ0n) is 15.6. The second-order valence-electron chi connectivity index (χ2n) is 7.03. The molecule has 0 aliphatic carbocycles. The van der Waals surface area contributed by atoms with Crippen LogP contribution in [0.5, 0.6) is 0 Å². The number of ether oxygens (including phenoxy) is 1. The summed E-state index contributed by atoms with van der Waals surface area (Å²) in [7, 11) is 0. The molecular formula is C18H28FIN4O2. The van der Waals surface area contributed by atoms with E-state index in [1.807, 2.05) is 25.7 Å². The molecule has 1 aliphatic rings. The summed E-state index contributed by atoms with van der Waals surface area (Å²) < 4.78 is 18.2. The van der Waals surface area contributed by atoms with Gasteiger partial charge >= 0.3 is 5.97 Å². The van der Waals surface area contributed by atoms with Crippen molar-refractivity contribution in [1.82, 2.24) is 4.90 Å². The average Bonchev–Trinajstić information content (AvgIpc) is 2.54. The number of rotatable bonds is 4. The summed E-state index contributed by atoms with van der Waals surface area (Å²) in [6.07, 6.45) is 0.216. The van der Waals surface area contributed by atoms with E-state index in [9.17, 15) is 9.18 Å². The highest BCUT2D eigenvalue weighted by atomic mass is 127. The molecule has 26 heavy (non-hydrogen) atoms. The fourth-order valence-electron chi connectivity index (χ4n) is 2.60. The van der Waals surface area contributed by atoms with Crippen molar-refractivity contribution in [3.05, 3.63) is 30.1 Å². The van der Waals surface area contributed by atoms with E-state index in [4.69, 9.17) is 10.5 Å². The molecule has 1 saturated heterocycles. The Kier molecular flexibility index (Phi) is 8.58. The van der Waals surface area contributed by atoms with Crippen molar-refractivity contribution in [1.29, 1.82) is 0 Å². The van der Waals surface area contributed by atoms with Gasteiger partial charge in [-0.05, 0) is 45.0 Å². The van der Waals surface area contributed by atoms with Gasteiger partial charge in [0.2, 0.25) is 0 Å². The zero-order valence-corrected chi connectivity index (χ0v) is 17.9. The van der Waals surface area contributed by atoms with Crippen molar-refractivity contribution in [2.24, 2.45) is 10.7 Å². The molecule has 0 unspecified atom stereocenters. The van der Waals surface area contributed by atoms with Crippen LogP contribution in [0.3, 0.4) is 0 Å². The number of nitrogens with two attached hydrogens (primary N) is 1. The summed E-state index contributed by atoms with van der Waals surface area (Å²) in [5.41, 5.74) is 6.54. The molecule has 1 fully saturated rings. The van der Waals surface area contributed by atoms with E-state index in [-0.39, 0.29) is 42.2 Å². The van der Waals surface area contributed by atoms with Gasteiger partial charge < -0.3 is 20.3 Å². The topological polar surface area (TPSA) is 71.2 Å². The number of benzene rings is 1. The molecule has 1 heterocycles. The van der Waals surface area contributed by atoms with Gasteiger partial charge in [-0.25, -0.2) is 4.39 Å². The summed E-state index contributed by atoms with van der Waals surface area (Å²) in [6.45, 7) is 8.87. The third kappa shape index (κ3) is 7.35. The number of aliphatic imine (C=N–C) groups is 1. The maximum Gasteiger partial charge on any atom is 0.308 e. The first kappa shape index (κ1) is 22.5. The number of esters is 1. The monoisotopic (exact) mass is 478 g/mol. The Morgan fingerprint density at radius 2 is 1.77 bits per heavy atom. The summed E-state index contributed by atoms with van der Waals surface area (Å²) in [5, 5.41) is 0. The number of halogens is 2. The van der Waals surface area contributed by atoms with Gasteiger partial charge in [-0.1, -0.05) is 0 Å². The molecule has 0 bridgehead atoms. The number of hydrogen-bond acceptors (Lipinski definition) is 4. The van der Waals surface area contributed by atoms with Crippen molar-refractivity contribution in [3.63, 3.8) is 0 Å². The smallest absolute Gasteiger partial charge is 0.308 e. The fraction of sp³-hybridized carbons (Fsp3) is 0.556. The molecule has 1 aromatic carbocycles. The van der Waals surface area contributed by atoms with Crippen LogP contribution >= 0.6 is 24.0 Å². The van der Waals surface area contributed by atoms with Crippen LogP contribution in [-0.4, -0.2) is 55.2 Å². The van der Waals surface area contributed by atoms with E-state index in [0.717, 1.165) is 31.9 Å². The predicted octanol–water partition coefficient (Wildman–Crippen LogP) is 2.61. The number of carbonyl (C=O) groups excluding carboxylic acids is 1. The van der Waals surface area contributed by atoms with Gasteiger partial charge in [-0.15, -0.1) is 24.0 Å². The zero-order chi connectivity index (χ0) is 18.4. The first-order chi connectivity index (χ1) is 11.7. The molecule has 2 N–H and O–H groups in total. The molecule has 0 amide bonds. The van der Waals surface area contributed by atoms with Crippen LogP contribution in [0.4, 0.5) is 10.1 Å². The van der Waals surface area contributed by atoms with Crippen LogP contribution < -0.4 is 10.6 Å². The van der Waals surface area contributed by atoms with E-state index < -0.39 is 5.60 Å². The molecule has 1 aromatic rings. The largest absolute Gasteiger partial charge is 0.460 e. The quantitative estimate of drug-likeness (QED) is 0.312. The van der Waals surface area contributed by atoms with Crippen molar-refractivity contribution in [2.75, 3.05) is 37.6 Å². The van der Waals surface area contributed by atoms with Crippen LogP contribution in [0, 0.1) is 5.82 Å². The van der Waals surface area contributed by atoms with Crippen molar-refractivity contribution < 1.29 is 13.9 Å².